The molecule has 0 aliphatic heterocycles. The summed E-state index contributed by atoms with van der Waals surface area (Å²) in [5.41, 5.74) is 0. The van der Waals surface area contributed by atoms with Crippen LogP contribution in [-0.2, 0) is 20.7 Å². The quantitative estimate of drug-likeness (QED) is 0.373. The zero-order valence-corrected chi connectivity index (χ0v) is 3.55. The predicted molar refractivity (Wildman–Crippen MR) is 21.1 cm³/mol. The standard InChI is InChI=1S/H3NOS2/c1-4(2)3/h4H,(H2,1,2,3). The molecule has 0 spiro atoms. The van der Waals surface area contributed by atoms with Gasteiger partial charge >= 0.3 is 0 Å². The van der Waals surface area contributed by atoms with Crippen molar-refractivity contribution in [1.82, 2.24) is 0 Å². The van der Waals surface area contributed by atoms with Crippen molar-refractivity contribution >= 4 is 20.7 Å². The number of nitrogens with two attached hydrogens (primary N) is 1. The van der Waals surface area contributed by atoms with Gasteiger partial charge in [0.15, 0.2) is 0 Å². The maximum absolute atomic E-state index is 9.19. The molecule has 0 amide bonds. The lowest BCUT2D eigenvalue weighted by molar-refractivity contribution is 0.694. The minimum atomic E-state index is -1.79. The van der Waals surface area contributed by atoms with Crippen LogP contribution in [0.1, 0.15) is 0 Å². The summed E-state index contributed by atoms with van der Waals surface area (Å²) < 4.78 is 9.19. The Morgan fingerprint density at radius 3 is 2.00 bits per heavy atom. The molecule has 1 unspecified atom stereocenters. The first kappa shape index (κ1) is 4.33. The van der Waals surface area contributed by atoms with Crippen LogP contribution in [0.25, 0.3) is 0 Å². The van der Waals surface area contributed by atoms with E-state index >= 15 is 0 Å². The highest BCUT2D eigenvalue weighted by atomic mass is 32.8. The summed E-state index contributed by atoms with van der Waals surface area (Å²) in [4.78, 5) is 0. The van der Waals surface area contributed by atoms with E-state index in [0.29, 0.717) is 0 Å². The third-order valence-corrected chi connectivity index (χ3v) is 0. The Morgan fingerprint density at radius 2 is 2.00 bits per heavy atom. The highest BCUT2D eigenvalue weighted by Gasteiger charge is 1.37. The van der Waals surface area contributed by atoms with Crippen molar-refractivity contribution < 1.29 is 4.21 Å². The lowest BCUT2D eigenvalue weighted by Crippen LogP contribution is -1.83. The molecule has 0 aromatic rings. The first-order valence-corrected chi connectivity index (χ1v) is 2.97. The van der Waals surface area contributed by atoms with Crippen LogP contribution in [-0.4, -0.2) is 4.21 Å². The fourth-order valence-corrected chi connectivity index (χ4v) is 0. The average molecular weight is 97.2 g/mol. The maximum Gasteiger partial charge on any atom is 0.0761 e. The molecule has 0 saturated carbocycles. The lowest BCUT2D eigenvalue weighted by atomic mass is 14.0. The third kappa shape index (κ3) is 37.8. The topological polar surface area (TPSA) is 43.1 Å². The summed E-state index contributed by atoms with van der Waals surface area (Å²) in [6, 6.07) is 0. The molecular weight excluding hydrogens is 94.1 g/mol. The second-order valence-electron chi connectivity index (χ2n) is 0.285. The Kier molecular flexibility index (Phi) is 1.76. The van der Waals surface area contributed by atoms with Gasteiger partial charge in [-0.3, -0.25) is 5.14 Å². The number of hydrogen-bond donors (Lipinski definition) is 2. The second-order valence-corrected chi connectivity index (χ2v) is 1.94. The molecule has 0 aliphatic carbocycles. The molecule has 0 heterocycles. The molecule has 0 aromatic heterocycles. The Morgan fingerprint density at radius 1 is 2.00 bits per heavy atom. The normalized spacial score (nSPS) is 15.2. The second kappa shape index (κ2) is 1.63. The van der Waals surface area contributed by atoms with Crippen molar-refractivity contribution in [3.63, 3.8) is 0 Å². The Hall–Kier alpha value is 0.330. The molecule has 1 atom stereocenters. The van der Waals surface area contributed by atoms with E-state index in [1.807, 2.05) is 0 Å². The zero-order valence-electron chi connectivity index (χ0n) is 1.84. The summed E-state index contributed by atoms with van der Waals surface area (Å²) >= 11 is 3.91. The number of rotatable bonds is 0. The van der Waals surface area contributed by atoms with Gasteiger partial charge in [-0.2, -0.15) is 0 Å². The van der Waals surface area contributed by atoms with Gasteiger partial charge in [-0.25, -0.2) is 4.21 Å². The highest BCUT2D eigenvalue weighted by Crippen LogP contribution is 1.20. The van der Waals surface area contributed by atoms with Gasteiger partial charge in [-0.1, -0.05) is 0 Å². The van der Waals surface area contributed by atoms with E-state index in [1.165, 1.54) is 0 Å². The minimum Gasteiger partial charge on any atom is -0.253 e. The van der Waals surface area contributed by atoms with Crippen molar-refractivity contribution in [2.24, 2.45) is 5.14 Å². The summed E-state index contributed by atoms with van der Waals surface area (Å²) in [6.07, 6.45) is 0. The Bertz CT molecular complexity index is 54.4. The van der Waals surface area contributed by atoms with Gasteiger partial charge in [-0.05, 0) is 11.2 Å². The molecule has 4 heavy (non-hydrogen) atoms. The van der Waals surface area contributed by atoms with Gasteiger partial charge in [0.1, 0.15) is 0 Å². The summed E-state index contributed by atoms with van der Waals surface area (Å²) in [7, 11) is -1.79. The minimum absolute atomic E-state index is 1.79. The van der Waals surface area contributed by atoms with Crippen molar-refractivity contribution in [3.05, 3.63) is 0 Å². The maximum atomic E-state index is 9.19. The van der Waals surface area contributed by atoms with E-state index < -0.39 is 9.54 Å². The van der Waals surface area contributed by atoms with Crippen LogP contribution in [0.3, 0.4) is 0 Å². The van der Waals surface area contributed by atoms with Crippen LogP contribution in [0.15, 0.2) is 0 Å². The largest absolute Gasteiger partial charge is 0.253 e. The van der Waals surface area contributed by atoms with Gasteiger partial charge in [-0.15, -0.1) is 0 Å². The molecule has 0 bridgehead atoms. The number of hydrogen-bond acceptors (Lipinski definition) is 2. The van der Waals surface area contributed by atoms with E-state index in [2.05, 4.69) is 16.3 Å². The summed E-state index contributed by atoms with van der Waals surface area (Å²) in [6.45, 7) is 0. The van der Waals surface area contributed by atoms with Crippen LogP contribution in [0.4, 0.5) is 0 Å². The summed E-state index contributed by atoms with van der Waals surface area (Å²) in [5.74, 6) is 0. The van der Waals surface area contributed by atoms with E-state index in [4.69, 9.17) is 0 Å². The Balaban J connectivity index is 3.51. The zero-order chi connectivity index (χ0) is 3.58. The fourth-order valence-electron chi connectivity index (χ4n) is 0. The van der Waals surface area contributed by atoms with Gasteiger partial charge in [0.25, 0.3) is 0 Å². The van der Waals surface area contributed by atoms with E-state index in [1.54, 1.807) is 0 Å². The van der Waals surface area contributed by atoms with Gasteiger partial charge in [0, 0.05) is 0 Å². The molecule has 0 aromatic carbocycles. The van der Waals surface area contributed by atoms with Crippen LogP contribution in [0.5, 0.6) is 0 Å². The monoisotopic (exact) mass is 97.0 g/mol. The first-order valence-electron chi connectivity index (χ1n) is 0.623. The molecule has 0 saturated heterocycles. The first-order chi connectivity index (χ1) is 1.73. The average Bonchev–Trinajstić information content (AvgIpc) is 0.811. The molecule has 4 heteroatoms. The lowest BCUT2D eigenvalue weighted by Gasteiger charge is -1.48. The molecule has 26 valence electrons. The van der Waals surface area contributed by atoms with Crippen LogP contribution < -0.4 is 5.14 Å². The summed E-state index contributed by atoms with van der Waals surface area (Å²) in [5, 5.41) is 4.44. The van der Waals surface area contributed by atoms with Crippen molar-refractivity contribution in [3.8, 4) is 0 Å². The van der Waals surface area contributed by atoms with Crippen molar-refractivity contribution in [1.29, 1.82) is 0 Å². The molecular formula is H3NOS2. The van der Waals surface area contributed by atoms with Crippen molar-refractivity contribution in [2.45, 2.75) is 0 Å². The molecule has 0 rings (SSSR count). The van der Waals surface area contributed by atoms with Crippen molar-refractivity contribution in [2.75, 3.05) is 0 Å². The molecule has 2 nitrogen and oxygen atoms in total. The smallest absolute Gasteiger partial charge is 0.0761 e. The van der Waals surface area contributed by atoms with E-state index in [0.717, 1.165) is 0 Å². The third-order valence-electron chi connectivity index (χ3n) is 0. The SMILES string of the molecule is N[SH](=O)=S. The van der Waals surface area contributed by atoms with Gasteiger partial charge < -0.3 is 0 Å². The Labute approximate surface area is 30.8 Å². The van der Waals surface area contributed by atoms with E-state index in [9.17, 15) is 4.21 Å². The van der Waals surface area contributed by atoms with Crippen LogP contribution >= 0.6 is 0 Å². The van der Waals surface area contributed by atoms with Crippen LogP contribution in [0.2, 0.25) is 0 Å². The van der Waals surface area contributed by atoms with E-state index in [-0.39, 0.29) is 0 Å². The predicted octanol–water partition coefficient (Wildman–Crippen LogP) is -1.20. The molecule has 0 fully saturated rings. The molecule has 0 aliphatic rings. The highest BCUT2D eigenvalue weighted by molar-refractivity contribution is 8.20. The number of thiol groups is 1. The molecule has 0 radical (unpaired) electrons. The van der Waals surface area contributed by atoms with Gasteiger partial charge in [0.05, 0.1) is 9.54 Å². The fraction of sp³-hybridized carbons (Fsp3) is 0. The molecule has 2 N–H and O–H groups in total. The van der Waals surface area contributed by atoms with Crippen LogP contribution in [0, 0.1) is 0 Å². The van der Waals surface area contributed by atoms with Gasteiger partial charge in [0.2, 0.25) is 0 Å².